The molecular weight excluding hydrogens is 364 g/mol. The van der Waals surface area contributed by atoms with Crippen LogP contribution in [0.4, 0.5) is 11.4 Å². The summed E-state index contributed by atoms with van der Waals surface area (Å²) in [4.78, 5) is 35.7. The minimum Gasteiger partial charge on any atom is -0.465 e. The molecule has 1 saturated heterocycles. The molecule has 1 fully saturated rings. The number of nitro benzene ring substituents is 1. The van der Waals surface area contributed by atoms with Gasteiger partial charge >= 0.3 is 5.97 Å². The molecule has 2 aromatic carbocycles. The molecule has 0 spiro atoms. The Balaban J connectivity index is 1.88. The number of methoxy groups -OCH3 is 1. The van der Waals surface area contributed by atoms with Crippen LogP contribution >= 0.6 is 0 Å². The van der Waals surface area contributed by atoms with Crippen molar-refractivity contribution in [3.8, 4) is 0 Å². The van der Waals surface area contributed by atoms with E-state index in [1.807, 2.05) is 0 Å². The van der Waals surface area contributed by atoms with Crippen LogP contribution in [-0.2, 0) is 9.47 Å². The Labute approximate surface area is 161 Å². The molecule has 0 aliphatic carbocycles. The number of anilines is 1. The van der Waals surface area contributed by atoms with Gasteiger partial charge in [0.2, 0.25) is 0 Å². The van der Waals surface area contributed by atoms with Crippen molar-refractivity contribution in [2.24, 2.45) is 0 Å². The average Bonchev–Trinajstić information content (AvgIpc) is 3.24. The maximum absolute atomic E-state index is 12.9. The Hall–Kier alpha value is -3.26. The van der Waals surface area contributed by atoms with Crippen LogP contribution in [0.5, 0.6) is 0 Å². The topological polar surface area (TPSA) is 108 Å². The van der Waals surface area contributed by atoms with Crippen LogP contribution in [0.1, 0.15) is 39.1 Å². The van der Waals surface area contributed by atoms with Gasteiger partial charge in [0.15, 0.2) is 5.78 Å². The van der Waals surface area contributed by atoms with Gasteiger partial charge in [-0.15, -0.1) is 0 Å². The monoisotopic (exact) mass is 384 g/mol. The van der Waals surface area contributed by atoms with Crippen molar-refractivity contribution < 1.29 is 24.0 Å². The van der Waals surface area contributed by atoms with Crippen LogP contribution in [0.15, 0.2) is 42.5 Å². The van der Waals surface area contributed by atoms with E-state index in [2.05, 4.69) is 5.32 Å². The Morgan fingerprint density at radius 3 is 2.64 bits per heavy atom. The smallest absolute Gasteiger partial charge is 0.338 e. The number of ether oxygens (including phenoxy) is 2. The predicted molar refractivity (Wildman–Crippen MR) is 102 cm³/mol. The zero-order valence-electron chi connectivity index (χ0n) is 15.3. The second kappa shape index (κ2) is 8.62. The molecular formula is C20H20N2O6. The normalized spacial score (nSPS) is 15.8. The number of nitrogens with zero attached hydrogens (tertiary/aromatic N) is 1. The number of benzene rings is 2. The quantitative estimate of drug-likeness (QED) is 0.338. The molecule has 146 valence electrons. The number of ketones is 1. The van der Waals surface area contributed by atoms with Gasteiger partial charge in [-0.3, -0.25) is 14.9 Å². The van der Waals surface area contributed by atoms with Gasteiger partial charge in [-0.1, -0.05) is 18.2 Å². The summed E-state index contributed by atoms with van der Waals surface area (Å²) in [6, 6.07) is 10.4. The van der Waals surface area contributed by atoms with Gasteiger partial charge in [-0.2, -0.15) is 0 Å². The van der Waals surface area contributed by atoms with Gasteiger partial charge in [0.1, 0.15) is 5.69 Å². The number of hydrogen-bond acceptors (Lipinski definition) is 7. The van der Waals surface area contributed by atoms with Gasteiger partial charge in [0.05, 0.1) is 23.7 Å². The zero-order chi connectivity index (χ0) is 20.1. The van der Waals surface area contributed by atoms with Crippen LogP contribution in [0.3, 0.4) is 0 Å². The molecule has 1 aliphatic rings. The third-order valence-corrected chi connectivity index (χ3v) is 4.58. The summed E-state index contributed by atoms with van der Waals surface area (Å²) < 4.78 is 10.2. The maximum Gasteiger partial charge on any atom is 0.338 e. The van der Waals surface area contributed by atoms with Crippen LogP contribution in [0.2, 0.25) is 0 Å². The SMILES string of the molecule is COC(=O)c1ccccc1C(=O)c1ccc(NCC2CCCO2)c([N+](=O)[O-])c1. The third-order valence-electron chi connectivity index (χ3n) is 4.58. The van der Waals surface area contributed by atoms with Crippen molar-refractivity contribution in [1.82, 2.24) is 0 Å². The van der Waals surface area contributed by atoms with Gasteiger partial charge < -0.3 is 14.8 Å². The highest BCUT2D eigenvalue weighted by Gasteiger charge is 2.23. The summed E-state index contributed by atoms with van der Waals surface area (Å²) >= 11 is 0. The van der Waals surface area contributed by atoms with Crippen molar-refractivity contribution in [2.45, 2.75) is 18.9 Å². The minimum absolute atomic E-state index is 0.0212. The highest BCUT2D eigenvalue weighted by molar-refractivity contribution is 6.14. The molecule has 1 N–H and O–H groups in total. The average molecular weight is 384 g/mol. The molecule has 0 bridgehead atoms. The number of carbonyl (C=O) groups is 2. The molecule has 3 rings (SSSR count). The van der Waals surface area contributed by atoms with Crippen molar-refractivity contribution in [2.75, 3.05) is 25.6 Å². The molecule has 1 unspecified atom stereocenters. The number of hydrogen-bond donors (Lipinski definition) is 1. The highest BCUT2D eigenvalue weighted by atomic mass is 16.6. The van der Waals surface area contributed by atoms with E-state index in [-0.39, 0.29) is 28.5 Å². The molecule has 1 heterocycles. The van der Waals surface area contributed by atoms with E-state index in [4.69, 9.17) is 9.47 Å². The first-order valence-corrected chi connectivity index (χ1v) is 8.87. The molecule has 0 saturated carbocycles. The Morgan fingerprint density at radius 2 is 2.00 bits per heavy atom. The first-order chi connectivity index (χ1) is 13.5. The van der Waals surface area contributed by atoms with Gasteiger partial charge in [0, 0.05) is 30.3 Å². The summed E-state index contributed by atoms with van der Waals surface area (Å²) in [5.41, 5.74) is 0.463. The highest BCUT2D eigenvalue weighted by Crippen LogP contribution is 2.28. The number of nitrogens with one attached hydrogen (secondary N) is 1. The second-order valence-electron chi connectivity index (χ2n) is 6.37. The molecule has 28 heavy (non-hydrogen) atoms. The molecule has 0 aromatic heterocycles. The first-order valence-electron chi connectivity index (χ1n) is 8.87. The van der Waals surface area contributed by atoms with Crippen LogP contribution in [0, 0.1) is 10.1 Å². The van der Waals surface area contributed by atoms with Gasteiger partial charge in [-0.05, 0) is 31.0 Å². The summed E-state index contributed by atoms with van der Waals surface area (Å²) in [6.45, 7) is 1.15. The van der Waals surface area contributed by atoms with E-state index in [9.17, 15) is 19.7 Å². The number of rotatable bonds is 7. The molecule has 0 radical (unpaired) electrons. The largest absolute Gasteiger partial charge is 0.465 e. The molecule has 1 atom stereocenters. The van der Waals surface area contributed by atoms with E-state index in [0.717, 1.165) is 12.8 Å². The Kier molecular flexibility index (Phi) is 6.00. The predicted octanol–water partition coefficient (Wildman–Crippen LogP) is 3.20. The molecule has 2 aromatic rings. The van der Waals surface area contributed by atoms with E-state index >= 15 is 0 Å². The van der Waals surface area contributed by atoms with E-state index in [0.29, 0.717) is 18.8 Å². The minimum atomic E-state index is -0.645. The van der Waals surface area contributed by atoms with E-state index in [1.165, 1.54) is 37.4 Å². The lowest BCUT2D eigenvalue weighted by Crippen LogP contribution is -2.19. The summed E-state index contributed by atoms with van der Waals surface area (Å²) in [7, 11) is 1.23. The zero-order valence-corrected chi connectivity index (χ0v) is 15.3. The number of carbonyl (C=O) groups excluding carboxylic acids is 2. The molecule has 0 amide bonds. The first kappa shape index (κ1) is 19.5. The standard InChI is InChI=1S/C20H20N2O6/c1-27-20(24)16-7-3-2-6-15(16)19(23)13-8-9-17(18(11-13)22(25)26)21-12-14-5-4-10-28-14/h2-3,6-9,11,14,21H,4-5,10,12H2,1H3. The fourth-order valence-electron chi connectivity index (χ4n) is 3.13. The van der Waals surface area contributed by atoms with Crippen molar-refractivity contribution >= 4 is 23.1 Å². The fourth-order valence-corrected chi connectivity index (χ4v) is 3.13. The third kappa shape index (κ3) is 4.17. The van der Waals surface area contributed by atoms with Gasteiger partial charge in [-0.25, -0.2) is 4.79 Å². The van der Waals surface area contributed by atoms with E-state index in [1.54, 1.807) is 12.1 Å². The molecule has 1 aliphatic heterocycles. The van der Waals surface area contributed by atoms with Gasteiger partial charge in [0.25, 0.3) is 5.69 Å². The fraction of sp³-hybridized carbons (Fsp3) is 0.300. The van der Waals surface area contributed by atoms with E-state index < -0.39 is 16.7 Å². The summed E-state index contributed by atoms with van der Waals surface area (Å²) in [5, 5.41) is 14.5. The van der Waals surface area contributed by atoms with Crippen molar-refractivity contribution in [1.29, 1.82) is 0 Å². The lowest BCUT2D eigenvalue weighted by molar-refractivity contribution is -0.384. The van der Waals surface area contributed by atoms with Crippen LogP contribution < -0.4 is 5.32 Å². The second-order valence-corrected chi connectivity index (χ2v) is 6.37. The summed E-state index contributed by atoms with van der Waals surface area (Å²) in [5.74, 6) is -1.14. The Morgan fingerprint density at radius 1 is 1.25 bits per heavy atom. The maximum atomic E-state index is 12.9. The molecule has 8 nitrogen and oxygen atoms in total. The number of esters is 1. The lowest BCUT2D eigenvalue weighted by atomic mass is 9.97. The van der Waals surface area contributed by atoms with Crippen molar-refractivity contribution in [3.05, 3.63) is 69.3 Å². The Bertz CT molecular complexity index is 905. The summed E-state index contributed by atoms with van der Waals surface area (Å²) in [6.07, 6.45) is 1.90. The number of nitro groups is 1. The lowest BCUT2D eigenvalue weighted by Gasteiger charge is -2.13. The van der Waals surface area contributed by atoms with Crippen LogP contribution in [0.25, 0.3) is 0 Å². The van der Waals surface area contributed by atoms with Crippen LogP contribution in [-0.4, -0.2) is 43.0 Å². The molecule has 8 heteroatoms. The van der Waals surface area contributed by atoms with Crippen molar-refractivity contribution in [3.63, 3.8) is 0 Å².